The Hall–Kier alpha value is -2.93. The molecule has 1 amide bonds. The van der Waals surface area contributed by atoms with Crippen LogP contribution in [-0.4, -0.2) is 58.4 Å². The monoisotopic (exact) mass is 428 g/mol. The number of carbonyl (C=O) groups excluding carboxylic acids is 1. The van der Waals surface area contributed by atoms with Crippen LogP contribution in [0.2, 0.25) is 0 Å². The first-order valence-corrected chi connectivity index (χ1v) is 10.5. The van der Waals surface area contributed by atoms with E-state index in [2.05, 4.69) is 16.3 Å². The minimum Gasteiger partial charge on any atom is -0.496 e. The molecule has 0 atom stereocenters. The van der Waals surface area contributed by atoms with Gasteiger partial charge in [0.05, 0.1) is 34.9 Å². The fourth-order valence-corrected chi connectivity index (χ4v) is 4.01. The van der Waals surface area contributed by atoms with Crippen molar-refractivity contribution in [1.29, 1.82) is 0 Å². The number of hydrogen-bond acceptors (Lipinski definition) is 6. The molecule has 0 spiro atoms. The minimum atomic E-state index is -0.00236. The molecular weight excluding hydrogens is 396 g/mol. The van der Waals surface area contributed by atoms with Crippen molar-refractivity contribution in [3.63, 3.8) is 0 Å². The van der Waals surface area contributed by atoms with Crippen LogP contribution in [0.1, 0.15) is 24.0 Å². The molecule has 0 saturated carbocycles. The topological polar surface area (TPSA) is 69.3 Å². The van der Waals surface area contributed by atoms with Gasteiger partial charge in [0.25, 0.3) is 0 Å². The SMILES string of the molecule is COc1ccccc1CN1CCC(NC(=O)Cc2cc(OC)c(OC)c(OC)c2)CC1. The molecule has 3 rings (SSSR count). The van der Waals surface area contributed by atoms with E-state index < -0.39 is 0 Å². The molecule has 1 heterocycles. The molecule has 2 aromatic carbocycles. The zero-order valence-corrected chi connectivity index (χ0v) is 18.8. The highest BCUT2D eigenvalue weighted by Gasteiger charge is 2.22. The van der Waals surface area contributed by atoms with Crippen LogP contribution in [0.5, 0.6) is 23.0 Å². The predicted octanol–water partition coefficient (Wildman–Crippen LogP) is 3.04. The first-order chi connectivity index (χ1) is 15.1. The number of nitrogens with one attached hydrogen (secondary N) is 1. The van der Waals surface area contributed by atoms with Gasteiger partial charge < -0.3 is 24.3 Å². The van der Waals surface area contributed by atoms with E-state index in [0.29, 0.717) is 17.2 Å². The summed E-state index contributed by atoms with van der Waals surface area (Å²) in [6, 6.07) is 11.9. The molecule has 7 heteroatoms. The lowest BCUT2D eigenvalue weighted by atomic mass is 10.0. The molecular formula is C24H32N2O5. The molecule has 1 N–H and O–H groups in total. The molecule has 7 nitrogen and oxygen atoms in total. The van der Waals surface area contributed by atoms with Crippen molar-refractivity contribution < 1.29 is 23.7 Å². The van der Waals surface area contributed by atoms with Gasteiger partial charge in [0.2, 0.25) is 11.7 Å². The van der Waals surface area contributed by atoms with Crippen molar-refractivity contribution in [2.75, 3.05) is 41.5 Å². The molecule has 1 fully saturated rings. The number of rotatable bonds is 9. The minimum absolute atomic E-state index is 0.00236. The van der Waals surface area contributed by atoms with Gasteiger partial charge in [-0.3, -0.25) is 9.69 Å². The largest absolute Gasteiger partial charge is 0.496 e. The highest BCUT2D eigenvalue weighted by molar-refractivity contribution is 5.79. The Morgan fingerprint density at radius 2 is 1.55 bits per heavy atom. The van der Waals surface area contributed by atoms with Gasteiger partial charge in [-0.15, -0.1) is 0 Å². The summed E-state index contributed by atoms with van der Waals surface area (Å²) in [4.78, 5) is 15.0. The maximum atomic E-state index is 12.6. The van der Waals surface area contributed by atoms with Crippen LogP contribution in [0.15, 0.2) is 36.4 Å². The van der Waals surface area contributed by atoms with E-state index in [1.54, 1.807) is 28.4 Å². The lowest BCUT2D eigenvalue weighted by molar-refractivity contribution is -0.121. The Morgan fingerprint density at radius 3 is 2.13 bits per heavy atom. The second-order valence-corrected chi connectivity index (χ2v) is 7.64. The number of benzene rings is 2. The van der Waals surface area contributed by atoms with Gasteiger partial charge in [-0.05, 0) is 36.6 Å². The van der Waals surface area contributed by atoms with Crippen LogP contribution in [0, 0.1) is 0 Å². The Labute approximate surface area is 184 Å². The molecule has 0 aliphatic carbocycles. The third-order valence-electron chi connectivity index (χ3n) is 5.63. The van der Waals surface area contributed by atoms with Gasteiger partial charge in [0.1, 0.15) is 5.75 Å². The molecule has 1 saturated heterocycles. The van der Waals surface area contributed by atoms with Crippen molar-refractivity contribution in [3.8, 4) is 23.0 Å². The maximum Gasteiger partial charge on any atom is 0.224 e. The quantitative estimate of drug-likeness (QED) is 0.662. The van der Waals surface area contributed by atoms with E-state index in [9.17, 15) is 4.79 Å². The highest BCUT2D eigenvalue weighted by Crippen LogP contribution is 2.38. The summed E-state index contributed by atoms with van der Waals surface area (Å²) in [5.41, 5.74) is 2.01. The molecule has 0 bridgehead atoms. The average Bonchev–Trinajstić information content (AvgIpc) is 2.79. The molecule has 0 unspecified atom stereocenters. The average molecular weight is 429 g/mol. The third kappa shape index (κ3) is 5.82. The number of carbonyl (C=O) groups is 1. The maximum absolute atomic E-state index is 12.6. The third-order valence-corrected chi connectivity index (χ3v) is 5.63. The Balaban J connectivity index is 1.52. The Bertz CT molecular complexity index is 853. The second-order valence-electron chi connectivity index (χ2n) is 7.64. The zero-order valence-electron chi connectivity index (χ0n) is 18.8. The number of ether oxygens (including phenoxy) is 4. The van der Waals surface area contributed by atoms with Crippen LogP contribution >= 0.6 is 0 Å². The van der Waals surface area contributed by atoms with E-state index in [0.717, 1.165) is 43.8 Å². The van der Waals surface area contributed by atoms with Crippen molar-refractivity contribution in [3.05, 3.63) is 47.5 Å². The van der Waals surface area contributed by atoms with E-state index in [4.69, 9.17) is 18.9 Å². The van der Waals surface area contributed by atoms with E-state index in [1.807, 2.05) is 30.3 Å². The number of hydrogen-bond donors (Lipinski definition) is 1. The summed E-state index contributed by atoms with van der Waals surface area (Å²) >= 11 is 0. The predicted molar refractivity (Wildman–Crippen MR) is 119 cm³/mol. The van der Waals surface area contributed by atoms with Gasteiger partial charge in [0.15, 0.2) is 11.5 Å². The molecule has 1 aliphatic rings. The van der Waals surface area contributed by atoms with Gasteiger partial charge in [-0.1, -0.05) is 18.2 Å². The van der Waals surface area contributed by atoms with Crippen LogP contribution in [0.3, 0.4) is 0 Å². The summed E-state index contributed by atoms with van der Waals surface area (Å²) in [5, 5.41) is 3.17. The van der Waals surface area contributed by atoms with Gasteiger partial charge >= 0.3 is 0 Å². The first-order valence-electron chi connectivity index (χ1n) is 10.5. The van der Waals surface area contributed by atoms with Crippen molar-refractivity contribution in [2.24, 2.45) is 0 Å². The number of piperidine rings is 1. The standard InChI is InChI=1S/C24H32N2O5/c1-28-20-8-6-5-7-18(20)16-26-11-9-19(10-12-26)25-23(27)15-17-13-21(29-2)24(31-4)22(14-17)30-3/h5-8,13-14,19H,9-12,15-16H2,1-4H3,(H,25,27). The molecule has 0 aromatic heterocycles. The summed E-state index contributed by atoms with van der Waals surface area (Å²) in [6.07, 6.45) is 2.12. The Kier molecular flexibility index (Phi) is 8.00. The van der Waals surface area contributed by atoms with E-state index in [1.165, 1.54) is 5.56 Å². The molecule has 168 valence electrons. The molecule has 1 aliphatic heterocycles. The fourth-order valence-electron chi connectivity index (χ4n) is 4.01. The molecule has 31 heavy (non-hydrogen) atoms. The van der Waals surface area contributed by atoms with Crippen LogP contribution < -0.4 is 24.3 Å². The number of amides is 1. The van der Waals surface area contributed by atoms with Gasteiger partial charge in [0, 0.05) is 31.2 Å². The lowest BCUT2D eigenvalue weighted by Gasteiger charge is -2.32. The van der Waals surface area contributed by atoms with Gasteiger partial charge in [-0.2, -0.15) is 0 Å². The summed E-state index contributed by atoms with van der Waals surface area (Å²) in [5.74, 6) is 2.54. The van der Waals surface area contributed by atoms with Crippen LogP contribution in [-0.2, 0) is 17.8 Å². The molecule has 2 aromatic rings. The summed E-state index contributed by atoms with van der Waals surface area (Å²) in [7, 11) is 6.40. The summed E-state index contributed by atoms with van der Waals surface area (Å²) in [6.45, 7) is 2.73. The Morgan fingerprint density at radius 1 is 0.935 bits per heavy atom. The van der Waals surface area contributed by atoms with Crippen molar-refractivity contribution >= 4 is 5.91 Å². The number of likely N-dealkylation sites (tertiary alicyclic amines) is 1. The van der Waals surface area contributed by atoms with Crippen LogP contribution in [0.25, 0.3) is 0 Å². The van der Waals surface area contributed by atoms with E-state index in [-0.39, 0.29) is 18.4 Å². The summed E-state index contributed by atoms with van der Waals surface area (Å²) < 4.78 is 21.6. The van der Waals surface area contributed by atoms with Crippen molar-refractivity contribution in [2.45, 2.75) is 31.8 Å². The lowest BCUT2D eigenvalue weighted by Crippen LogP contribution is -2.44. The highest BCUT2D eigenvalue weighted by atomic mass is 16.5. The number of nitrogens with zero attached hydrogens (tertiary/aromatic N) is 1. The van der Waals surface area contributed by atoms with E-state index >= 15 is 0 Å². The smallest absolute Gasteiger partial charge is 0.224 e. The normalized spacial score (nSPS) is 14.7. The number of para-hydroxylation sites is 1. The van der Waals surface area contributed by atoms with Gasteiger partial charge in [-0.25, -0.2) is 0 Å². The second kappa shape index (κ2) is 10.9. The van der Waals surface area contributed by atoms with Crippen LogP contribution in [0.4, 0.5) is 0 Å². The fraction of sp³-hybridized carbons (Fsp3) is 0.458. The number of methoxy groups -OCH3 is 4. The zero-order chi connectivity index (χ0) is 22.2. The molecule has 0 radical (unpaired) electrons. The van der Waals surface area contributed by atoms with Crippen molar-refractivity contribution in [1.82, 2.24) is 10.2 Å². The first kappa shape index (κ1) is 22.7.